The van der Waals surface area contributed by atoms with Crippen LogP contribution >= 0.6 is 0 Å². The van der Waals surface area contributed by atoms with Gasteiger partial charge in [-0.1, -0.05) is 24.3 Å². The molecule has 148 valence electrons. The van der Waals surface area contributed by atoms with Gasteiger partial charge in [0.15, 0.2) is 6.61 Å². The van der Waals surface area contributed by atoms with Gasteiger partial charge in [-0.3, -0.25) is 9.59 Å². The van der Waals surface area contributed by atoms with Gasteiger partial charge in [-0.05, 0) is 47.9 Å². The van der Waals surface area contributed by atoms with Gasteiger partial charge in [-0.15, -0.1) is 0 Å². The van der Waals surface area contributed by atoms with E-state index in [0.29, 0.717) is 0 Å². The van der Waals surface area contributed by atoms with Gasteiger partial charge in [0, 0.05) is 12.1 Å². The Bertz CT molecular complexity index is 1100. The van der Waals surface area contributed by atoms with Gasteiger partial charge in [0.05, 0.1) is 11.3 Å². The molecule has 0 spiro atoms. The maximum absolute atomic E-state index is 13.9. The third-order valence-electron chi connectivity index (χ3n) is 4.57. The molecule has 7 heteroatoms. The fourth-order valence-corrected chi connectivity index (χ4v) is 2.94. The number of fused-ring (bicyclic) bond motifs is 1. The molecule has 2 N–H and O–H groups in total. The first-order valence-electron chi connectivity index (χ1n) is 9.21. The van der Waals surface area contributed by atoms with E-state index in [1.54, 1.807) is 12.1 Å². The smallest absolute Gasteiger partial charge is 0.259 e. The van der Waals surface area contributed by atoms with E-state index in [1.807, 2.05) is 24.3 Å². The molecule has 0 radical (unpaired) electrons. The summed E-state index contributed by atoms with van der Waals surface area (Å²) in [6.07, 6.45) is 1.91. The summed E-state index contributed by atoms with van der Waals surface area (Å²) >= 11 is 0. The highest BCUT2D eigenvalue weighted by Crippen LogP contribution is 2.28. The second-order valence-electron chi connectivity index (χ2n) is 6.90. The quantitative estimate of drug-likeness (QED) is 0.661. The minimum absolute atomic E-state index is 0.117. The zero-order valence-corrected chi connectivity index (χ0v) is 15.4. The first kappa shape index (κ1) is 18.9. The molecule has 29 heavy (non-hydrogen) atoms. The summed E-state index contributed by atoms with van der Waals surface area (Å²) in [6.45, 7) is -0.247. The Morgan fingerprint density at radius 2 is 1.72 bits per heavy atom. The molecule has 5 nitrogen and oxygen atoms in total. The molecule has 3 aromatic rings. The number of anilines is 1. The van der Waals surface area contributed by atoms with Gasteiger partial charge in [-0.25, -0.2) is 8.78 Å². The molecule has 1 saturated carbocycles. The van der Waals surface area contributed by atoms with Gasteiger partial charge < -0.3 is 15.4 Å². The summed E-state index contributed by atoms with van der Waals surface area (Å²) in [5, 5.41) is 6.76. The van der Waals surface area contributed by atoms with E-state index in [1.165, 1.54) is 0 Å². The SMILES string of the molecule is O=C(COc1cc2ccccc2cc1C(=O)Nc1cc(F)ccc1F)NC1CC1. The molecule has 1 aliphatic carbocycles. The summed E-state index contributed by atoms with van der Waals surface area (Å²) in [7, 11) is 0. The minimum atomic E-state index is -0.758. The second-order valence-corrected chi connectivity index (χ2v) is 6.90. The molecule has 0 bridgehead atoms. The average Bonchev–Trinajstić information content (AvgIpc) is 3.52. The van der Waals surface area contributed by atoms with E-state index < -0.39 is 17.5 Å². The van der Waals surface area contributed by atoms with E-state index in [2.05, 4.69) is 10.6 Å². The third kappa shape index (κ3) is 4.51. The van der Waals surface area contributed by atoms with Crippen molar-refractivity contribution in [1.29, 1.82) is 0 Å². The molecule has 0 unspecified atom stereocenters. The maximum atomic E-state index is 13.9. The van der Waals surface area contributed by atoms with Crippen LogP contribution in [-0.4, -0.2) is 24.5 Å². The number of amides is 2. The Hall–Kier alpha value is -3.48. The van der Waals surface area contributed by atoms with Crippen LogP contribution in [0.25, 0.3) is 10.8 Å². The fourth-order valence-electron chi connectivity index (χ4n) is 2.94. The zero-order chi connectivity index (χ0) is 20.4. The van der Waals surface area contributed by atoms with Crippen molar-refractivity contribution in [3.05, 3.63) is 71.8 Å². The highest BCUT2D eigenvalue weighted by molar-refractivity contribution is 6.08. The van der Waals surface area contributed by atoms with Gasteiger partial charge in [0.1, 0.15) is 17.4 Å². The summed E-state index contributed by atoms with van der Waals surface area (Å²) < 4.78 is 32.9. The van der Waals surface area contributed by atoms with Crippen LogP contribution < -0.4 is 15.4 Å². The Labute approximate surface area is 165 Å². The van der Waals surface area contributed by atoms with Crippen molar-refractivity contribution >= 4 is 28.3 Å². The van der Waals surface area contributed by atoms with Crippen molar-refractivity contribution in [2.45, 2.75) is 18.9 Å². The predicted octanol–water partition coefficient (Wildman–Crippen LogP) is 4.03. The van der Waals surface area contributed by atoms with E-state index in [4.69, 9.17) is 4.74 Å². The van der Waals surface area contributed by atoms with Crippen molar-refractivity contribution in [2.75, 3.05) is 11.9 Å². The van der Waals surface area contributed by atoms with Gasteiger partial charge >= 0.3 is 0 Å². The molecule has 2 amide bonds. The average molecular weight is 396 g/mol. The van der Waals surface area contributed by atoms with E-state index in [9.17, 15) is 18.4 Å². The molecular formula is C22H18F2N2O3. The lowest BCUT2D eigenvalue weighted by Gasteiger charge is -2.14. The molecule has 0 aromatic heterocycles. The Balaban J connectivity index is 1.62. The number of nitrogens with one attached hydrogen (secondary N) is 2. The van der Waals surface area contributed by atoms with Gasteiger partial charge in [0.25, 0.3) is 11.8 Å². The third-order valence-corrected chi connectivity index (χ3v) is 4.57. The van der Waals surface area contributed by atoms with Crippen molar-refractivity contribution in [3.63, 3.8) is 0 Å². The van der Waals surface area contributed by atoms with Crippen LogP contribution in [0.3, 0.4) is 0 Å². The lowest BCUT2D eigenvalue weighted by Crippen LogP contribution is -2.30. The molecule has 0 atom stereocenters. The predicted molar refractivity (Wildman–Crippen MR) is 105 cm³/mol. The lowest BCUT2D eigenvalue weighted by atomic mass is 10.1. The maximum Gasteiger partial charge on any atom is 0.259 e. The second kappa shape index (κ2) is 7.87. The van der Waals surface area contributed by atoms with Crippen LogP contribution in [0.1, 0.15) is 23.2 Å². The topological polar surface area (TPSA) is 67.4 Å². The Kier molecular flexibility index (Phi) is 5.12. The van der Waals surface area contributed by atoms with E-state index in [-0.39, 0.29) is 35.6 Å². The Morgan fingerprint density at radius 3 is 2.45 bits per heavy atom. The van der Waals surface area contributed by atoms with Crippen molar-refractivity contribution in [2.24, 2.45) is 0 Å². The standard InChI is InChI=1S/C22H18F2N2O3/c23-15-5-8-18(24)19(11-15)26-22(28)17-9-13-3-1-2-4-14(13)10-20(17)29-12-21(27)25-16-6-7-16/h1-5,8-11,16H,6-7,12H2,(H,25,27)(H,26,28). The summed E-state index contributed by atoms with van der Waals surface area (Å²) in [4.78, 5) is 24.8. The number of halogens is 2. The number of carbonyl (C=O) groups excluding carboxylic acids is 2. The van der Waals surface area contributed by atoms with Crippen LogP contribution in [0, 0.1) is 11.6 Å². The summed E-state index contributed by atoms with van der Waals surface area (Å²) in [5.74, 6) is -2.19. The monoisotopic (exact) mass is 396 g/mol. The summed E-state index contributed by atoms with van der Waals surface area (Å²) in [6, 6.07) is 13.6. The molecule has 0 heterocycles. The lowest BCUT2D eigenvalue weighted by molar-refractivity contribution is -0.123. The van der Waals surface area contributed by atoms with Crippen LogP contribution in [0.4, 0.5) is 14.5 Å². The number of benzene rings is 3. The van der Waals surface area contributed by atoms with E-state index >= 15 is 0 Å². The van der Waals surface area contributed by atoms with Crippen LogP contribution in [0.5, 0.6) is 5.75 Å². The first-order chi connectivity index (χ1) is 14.0. The highest BCUT2D eigenvalue weighted by atomic mass is 19.1. The summed E-state index contributed by atoms with van der Waals surface area (Å²) in [5.41, 5.74) is -0.160. The van der Waals surface area contributed by atoms with Gasteiger partial charge in [0.2, 0.25) is 0 Å². The van der Waals surface area contributed by atoms with Crippen LogP contribution in [0.15, 0.2) is 54.6 Å². The van der Waals surface area contributed by atoms with E-state index in [0.717, 1.165) is 41.8 Å². The van der Waals surface area contributed by atoms with Crippen molar-refractivity contribution in [1.82, 2.24) is 5.32 Å². The van der Waals surface area contributed by atoms with Crippen molar-refractivity contribution in [3.8, 4) is 5.75 Å². The number of ether oxygens (including phenoxy) is 1. The normalized spacial score (nSPS) is 13.2. The largest absolute Gasteiger partial charge is 0.483 e. The molecular weight excluding hydrogens is 378 g/mol. The number of hydrogen-bond donors (Lipinski definition) is 2. The molecule has 0 saturated heterocycles. The number of rotatable bonds is 6. The molecule has 1 fully saturated rings. The zero-order valence-electron chi connectivity index (χ0n) is 15.4. The first-order valence-corrected chi connectivity index (χ1v) is 9.21. The molecule has 4 rings (SSSR count). The molecule has 3 aromatic carbocycles. The minimum Gasteiger partial charge on any atom is -0.483 e. The molecule has 0 aliphatic heterocycles. The number of carbonyl (C=O) groups is 2. The highest BCUT2D eigenvalue weighted by Gasteiger charge is 2.24. The van der Waals surface area contributed by atoms with Crippen molar-refractivity contribution < 1.29 is 23.1 Å². The Morgan fingerprint density at radius 1 is 1.00 bits per heavy atom. The number of hydrogen-bond acceptors (Lipinski definition) is 3. The fraction of sp³-hybridized carbons (Fsp3) is 0.182. The van der Waals surface area contributed by atoms with Gasteiger partial charge in [-0.2, -0.15) is 0 Å². The van der Waals surface area contributed by atoms with Crippen LogP contribution in [0.2, 0.25) is 0 Å². The molecule has 1 aliphatic rings. The van der Waals surface area contributed by atoms with Crippen LogP contribution in [-0.2, 0) is 4.79 Å².